The molecule has 0 aliphatic rings. The molecule has 0 heterocycles. The number of rotatable bonds is 6. The summed E-state index contributed by atoms with van der Waals surface area (Å²) in [6.07, 6.45) is 3.03. The van der Waals surface area contributed by atoms with E-state index in [4.69, 9.17) is 16.2 Å². The van der Waals surface area contributed by atoms with Gasteiger partial charge in [0.15, 0.2) is 0 Å². The fourth-order valence-electron chi connectivity index (χ4n) is 1.60. The quantitative estimate of drug-likeness (QED) is 0.790. The van der Waals surface area contributed by atoms with Crippen LogP contribution in [-0.2, 0) is 0 Å². The second-order valence-electron chi connectivity index (χ2n) is 3.78. The fourth-order valence-corrected chi connectivity index (χ4v) is 2.14. The highest BCUT2D eigenvalue weighted by Gasteiger charge is 2.10. The van der Waals surface area contributed by atoms with Crippen molar-refractivity contribution in [1.82, 2.24) is 0 Å². The number of hydrogen-bond acceptors (Lipinski definition) is 3. The molecule has 0 spiro atoms. The van der Waals surface area contributed by atoms with Crippen LogP contribution in [0.1, 0.15) is 30.9 Å². The smallest absolute Gasteiger partial charge is 0.119 e. The molecule has 0 radical (unpaired) electrons. The highest BCUT2D eigenvalue weighted by Crippen LogP contribution is 2.28. The number of ether oxygens (including phenoxy) is 1. The molecule has 0 saturated carbocycles. The molecule has 90 valence electrons. The van der Waals surface area contributed by atoms with Gasteiger partial charge in [-0.1, -0.05) is 22.4 Å². The van der Waals surface area contributed by atoms with Crippen LogP contribution in [0.2, 0.25) is 0 Å². The summed E-state index contributed by atoms with van der Waals surface area (Å²) in [5.41, 5.74) is 12.7. The van der Waals surface area contributed by atoms with E-state index in [2.05, 4.69) is 15.9 Å². The average Bonchev–Trinajstić information content (AvgIpc) is 2.30. The first-order valence-electron chi connectivity index (χ1n) is 5.48. The molecule has 0 aliphatic carbocycles. The van der Waals surface area contributed by atoms with Crippen molar-refractivity contribution in [1.29, 1.82) is 0 Å². The van der Waals surface area contributed by atoms with E-state index in [1.807, 2.05) is 18.2 Å². The Kier molecular flexibility index (Phi) is 5.80. The molecule has 1 aromatic rings. The van der Waals surface area contributed by atoms with E-state index < -0.39 is 0 Å². The van der Waals surface area contributed by atoms with Crippen molar-refractivity contribution in [3.63, 3.8) is 0 Å². The lowest BCUT2D eigenvalue weighted by Crippen LogP contribution is -2.12. The zero-order valence-electron chi connectivity index (χ0n) is 9.58. The molecular weight excluding hydrogens is 268 g/mol. The van der Waals surface area contributed by atoms with Crippen LogP contribution in [0.5, 0.6) is 5.75 Å². The first kappa shape index (κ1) is 13.5. The molecule has 1 atom stereocenters. The standard InChI is InChI=1S/C12H19BrN2O/c1-16-9-5-6-11(13)10(8-9)12(15)4-2-3-7-14/h5-6,8,12H,2-4,7,14-15H2,1H3/t12-/m1/s1. The molecule has 0 fully saturated rings. The molecule has 1 rings (SSSR count). The van der Waals surface area contributed by atoms with Gasteiger partial charge in [0.2, 0.25) is 0 Å². The molecule has 4 N–H and O–H groups in total. The maximum atomic E-state index is 6.13. The minimum Gasteiger partial charge on any atom is -0.497 e. The third kappa shape index (κ3) is 3.77. The Hall–Kier alpha value is -0.580. The van der Waals surface area contributed by atoms with Crippen molar-refractivity contribution < 1.29 is 4.74 Å². The van der Waals surface area contributed by atoms with Gasteiger partial charge in [0.05, 0.1) is 7.11 Å². The fraction of sp³-hybridized carbons (Fsp3) is 0.500. The Labute approximate surface area is 105 Å². The number of nitrogens with two attached hydrogens (primary N) is 2. The van der Waals surface area contributed by atoms with E-state index in [1.54, 1.807) is 7.11 Å². The Bertz CT molecular complexity index is 331. The average molecular weight is 287 g/mol. The van der Waals surface area contributed by atoms with Crippen LogP contribution in [-0.4, -0.2) is 13.7 Å². The van der Waals surface area contributed by atoms with Gasteiger partial charge in [-0.05, 0) is 43.1 Å². The van der Waals surface area contributed by atoms with Crippen molar-refractivity contribution >= 4 is 15.9 Å². The first-order valence-corrected chi connectivity index (χ1v) is 6.27. The molecule has 0 saturated heterocycles. The van der Waals surface area contributed by atoms with Gasteiger partial charge in [0, 0.05) is 10.5 Å². The molecule has 1 aromatic carbocycles. The van der Waals surface area contributed by atoms with E-state index in [-0.39, 0.29) is 6.04 Å². The van der Waals surface area contributed by atoms with Gasteiger partial charge < -0.3 is 16.2 Å². The molecule has 16 heavy (non-hydrogen) atoms. The van der Waals surface area contributed by atoms with Gasteiger partial charge in [0.1, 0.15) is 5.75 Å². The summed E-state index contributed by atoms with van der Waals surface area (Å²) >= 11 is 3.51. The van der Waals surface area contributed by atoms with Gasteiger partial charge >= 0.3 is 0 Å². The van der Waals surface area contributed by atoms with Crippen LogP contribution < -0.4 is 16.2 Å². The molecule has 3 nitrogen and oxygen atoms in total. The number of unbranched alkanes of at least 4 members (excludes halogenated alkanes) is 1. The van der Waals surface area contributed by atoms with Crippen LogP contribution in [0.15, 0.2) is 22.7 Å². The zero-order chi connectivity index (χ0) is 12.0. The molecule has 0 bridgehead atoms. The van der Waals surface area contributed by atoms with E-state index in [1.165, 1.54) is 0 Å². The number of hydrogen-bond donors (Lipinski definition) is 2. The number of benzene rings is 1. The molecule has 0 amide bonds. The summed E-state index contributed by atoms with van der Waals surface area (Å²) in [5.74, 6) is 0.840. The minimum atomic E-state index is 0.0380. The van der Waals surface area contributed by atoms with E-state index in [9.17, 15) is 0 Å². The maximum absolute atomic E-state index is 6.13. The van der Waals surface area contributed by atoms with Crippen LogP contribution in [0.3, 0.4) is 0 Å². The first-order chi connectivity index (χ1) is 7.69. The Balaban J connectivity index is 2.69. The topological polar surface area (TPSA) is 61.3 Å². The van der Waals surface area contributed by atoms with Gasteiger partial charge in [0.25, 0.3) is 0 Å². The zero-order valence-corrected chi connectivity index (χ0v) is 11.2. The van der Waals surface area contributed by atoms with Crippen molar-refractivity contribution in [2.45, 2.75) is 25.3 Å². The highest BCUT2D eigenvalue weighted by molar-refractivity contribution is 9.10. The van der Waals surface area contributed by atoms with Crippen molar-refractivity contribution in [3.8, 4) is 5.75 Å². The van der Waals surface area contributed by atoms with Crippen LogP contribution in [0.25, 0.3) is 0 Å². The molecule has 0 aliphatic heterocycles. The van der Waals surface area contributed by atoms with E-state index >= 15 is 0 Å². The van der Waals surface area contributed by atoms with Crippen LogP contribution in [0.4, 0.5) is 0 Å². The molecule has 0 unspecified atom stereocenters. The van der Waals surface area contributed by atoms with Crippen LogP contribution in [0, 0.1) is 0 Å². The van der Waals surface area contributed by atoms with Crippen molar-refractivity contribution in [2.75, 3.05) is 13.7 Å². The predicted molar refractivity (Wildman–Crippen MR) is 70.5 cm³/mol. The summed E-state index contributed by atoms with van der Waals surface area (Å²) in [6, 6.07) is 5.91. The minimum absolute atomic E-state index is 0.0380. The molecule has 0 aromatic heterocycles. The SMILES string of the molecule is COc1ccc(Br)c([C@H](N)CCCCN)c1. The normalized spacial score (nSPS) is 12.5. The second kappa shape index (κ2) is 6.89. The van der Waals surface area contributed by atoms with Gasteiger partial charge in [-0.2, -0.15) is 0 Å². The third-order valence-electron chi connectivity index (χ3n) is 2.57. The summed E-state index contributed by atoms with van der Waals surface area (Å²) in [7, 11) is 1.66. The lowest BCUT2D eigenvalue weighted by molar-refractivity contribution is 0.413. The Morgan fingerprint density at radius 2 is 2.12 bits per heavy atom. The monoisotopic (exact) mass is 286 g/mol. The van der Waals surface area contributed by atoms with E-state index in [0.29, 0.717) is 0 Å². The highest BCUT2D eigenvalue weighted by atomic mass is 79.9. The number of methoxy groups -OCH3 is 1. The summed E-state index contributed by atoms with van der Waals surface area (Å²) < 4.78 is 6.22. The van der Waals surface area contributed by atoms with Crippen LogP contribution >= 0.6 is 15.9 Å². The predicted octanol–water partition coefficient (Wildman–Crippen LogP) is 2.59. The lowest BCUT2D eigenvalue weighted by atomic mass is 10.0. The summed E-state index contributed by atoms with van der Waals surface area (Å²) in [4.78, 5) is 0. The second-order valence-corrected chi connectivity index (χ2v) is 4.63. The van der Waals surface area contributed by atoms with Gasteiger partial charge in [-0.3, -0.25) is 0 Å². The molecular formula is C12H19BrN2O. The van der Waals surface area contributed by atoms with Crippen molar-refractivity contribution in [3.05, 3.63) is 28.2 Å². The Morgan fingerprint density at radius 1 is 1.38 bits per heavy atom. The summed E-state index contributed by atoms with van der Waals surface area (Å²) in [6.45, 7) is 0.728. The third-order valence-corrected chi connectivity index (χ3v) is 3.29. The lowest BCUT2D eigenvalue weighted by Gasteiger charge is -2.14. The number of halogens is 1. The molecule has 4 heteroatoms. The summed E-state index contributed by atoms with van der Waals surface area (Å²) in [5, 5.41) is 0. The van der Waals surface area contributed by atoms with Gasteiger partial charge in [-0.25, -0.2) is 0 Å². The largest absolute Gasteiger partial charge is 0.497 e. The van der Waals surface area contributed by atoms with E-state index in [0.717, 1.165) is 41.6 Å². The van der Waals surface area contributed by atoms with Gasteiger partial charge in [-0.15, -0.1) is 0 Å². The Morgan fingerprint density at radius 3 is 2.75 bits per heavy atom. The van der Waals surface area contributed by atoms with Crippen molar-refractivity contribution in [2.24, 2.45) is 11.5 Å². The maximum Gasteiger partial charge on any atom is 0.119 e.